The molecular weight excluding hydrogens is 338 g/mol. The monoisotopic (exact) mass is 371 g/mol. The second-order valence-electron chi connectivity index (χ2n) is 9.15. The van der Waals surface area contributed by atoms with Crippen LogP contribution in [0.15, 0.2) is 24.3 Å². The largest absolute Gasteiger partial charge is 0.490 e. The number of carbonyl (C=O) groups excluding carboxylic acids is 1. The molecule has 27 heavy (non-hydrogen) atoms. The van der Waals surface area contributed by atoms with Gasteiger partial charge in [0.05, 0.1) is 6.61 Å². The zero-order chi connectivity index (χ0) is 18.9. The summed E-state index contributed by atoms with van der Waals surface area (Å²) in [5.74, 6) is 4.02. The molecule has 4 nitrogen and oxygen atoms in total. The Balaban J connectivity index is 1.32. The van der Waals surface area contributed by atoms with Crippen molar-refractivity contribution in [1.29, 1.82) is 0 Å². The van der Waals surface area contributed by atoms with Crippen molar-refractivity contribution in [2.45, 2.75) is 64.8 Å². The quantitative estimate of drug-likeness (QED) is 0.728. The zero-order valence-corrected chi connectivity index (χ0v) is 16.7. The molecule has 4 fully saturated rings. The van der Waals surface area contributed by atoms with E-state index in [0.29, 0.717) is 23.5 Å². The number of rotatable bonds is 8. The molecule has 0 unspecified atom stereocenters. The van der Waals surface area contributed by atoms with Crippen molar-refractivity contribution in [3.63, 3.8) is 0 Å². The van der Waals surface area contributed by atoms with E-state index in [1.165, 1.54) is 38.5 Å². The van der Waals surface area contributed by atoms with Crippen LogP contribution in [0.25, 0.3) is 0 Å². The van der Waals surface area contributed by atoms with Gasteiger partial charge in [-0.05, 0) is 87.2 Å². The van der Waals surface area contributed by atoms with Crippen molar-refractivity contribution in [2.24, 2.45) is 23.2 Å². The molecule has 4 saturated carbocycles. The highest BCUT2D eigenvalue weighted by Crippen LogP contribution is 2.61. The average molecular weight is 372 g/mol. The Kier molecular flexibility index (Phi) is 5.34. The van der Waals surface area contributed by atoms with Crippen LogP contribution in [0.1, 0.15) is 58.8 Å². The summed E-state index contributed by atoms with van der Waals surface area (Å²) in [6.07, 6.45) is 9.13. The summed E-state index contributed by atoms with van der Waals surface area (Å²) in [6.45, 7) is 4.98. The van der Waals surface area contributed by atoms with Crippen LogP contribution in [-0.2, 0) is 4.79 Å². The summed E-state index contributed by atoms with van der Waals surface area (Å²) in [6, 6.07) is 7.81. The van der Waals surface area contributed by atoms with Crippen molar-refractivity contribution in [3.8, 4) is 11.5 Å². The molecule has 4 aliphatic rings. The zero-order valence-electron chi connectivity index (χ0n) is 16.7. The van der Waals surface area contributed by atoms with Crippen molar-refractivity contribution in [3.05, 3.63) is 24.3 Å². The lowest BCUT2D eigenvalue weighted by atomic mass is 9.48. The number of carbonyl (C=O) groups is 1. The second-order valence-corrected chi connectivity index (χ2v) is 9.15. The molecule has 1 aromatic carbocycles. The summed E-state index contributed by atoms with van der Waals surface area (Å²) in [7, 11) is 0. The molecule has 5 rings (SSSR count). The van der Waals surface area contributed by atoms with Crippen LogP contribution in [0, 0.1) is 23.2 Å². The number of benzene rings is 1. The van der Waals surface area contributed by atoms with E-state index < -0.39 is 0 Å². The van der Waals surface area contributed by atoms with Crippen molar-refractivity contribution >= 4 is 5.91 Å². The SMILES string of the molecule is CCCOc1ccccc1OCC(=O)N[C@H](C)C12CC3CC(CC(C3)C1)C2. The van der Waals surface area contributed by atoms with Gasteiger partial charge in [-0.3, -0.25) is 4.79 Å². The van der Waals surface area contributed by atoms with Gasteiger partial charge in [0.25, 0.3) is 5.91 Å². The average Bonchev–Trinajstić information content (AvgIpc) is 2.64. The van der Waals surface area contributed by atoms with Crippen LogP contribution >= 0.6 is 0 Å². The van der Waals surface area contributed by atoms with Gasteiger partial charge in [-0.2, -0.15) is 0 Å². The first kappa shape index (κ1) is 18.6. The van der Waals surface area contributed by atoms with E-state index in [1.807, 2.05) is 24.3 Å². The molecule has 0 saturated heterocycles. The molecule has 1 amide bonds. The molecule has 148 valence electrons. The third-order valence-electron chi connectivity index (χ3n) is 7.05. The molecule has 0 heterocycles. The van der Waals surface area contributed by atoms with Crippen molar-refractivity contribution in [1.82, 2.24) is 5.32 Å². The van der Waals surface area contributed by atoms with Gasteiger partial charge < -0.3 is 14.8 Å². The van der Waals surface area contributed by atoms with E-state index in [2.05, 4.69) is 19.2 Å². The normalized spacial score (nSPS) is 32.1. The van der Waals surface area contributed by atoms with E-state index >= 15 is 0 Å². The number of hydrogen-bond acceptors (Lipinski definition) is 3. The highest BCUT2D eigenvalue weighted by atomic mass is 16.5. The minimum absolute atomic E-state index is 0.0245. The summed E-state index contributed by atoms with van der Waals surface area (Å²) < 4.78 is 11.5. The van der Waals surface area contributed by atoms with Gasteiger partial charge in [0.2, 0.25) is 0 Å². The predicted molar refractivity (Wildman–Crippen MR) is 106 cm³/mol. The van der Waals surface area contributed by atoms with Gasteiger partial charge >= 0.3 is 0 Å². The summed E-state index contributed by atoms with van der Waals surface area (Å²) in [4.78, 5) is 12.6. The van der Waals surface area contributed by atoms with E-state index in [0.717, 1.165) is 24.2 Å². The van der Waals surface area contributed by atoms with Crippen molar-refractivity contribution < 1.29 is 14.3 Å². The number of para-hydroxylation sites is 2. The van der Waals surface area contributed by atoms with E-state index in [-0.39, 0.29) is 18.6 Å². The van der Waals surface area contributed by atoms with Gasteiger partial charge in [-0.1, -0.05) is 19.1 Å². The van der Waals surface area contributed by atoms with Crippen molar-refractivity contribution in [2.75, 3.05) is 13.2 Å². The maximum Gasteiger partial charge on any atom is 0.258 e. The molecule has 1 atom stereocenters. The molecule has 4 bridgehead atoms. The molecule has 0 spiro atoms. The van der Waals surface area contributed by atoms with Crippen LogP contribution in [0.5, 0.6) is 11.5 Å². The van der Waals surface area contributed by atoms with Gasteiger partial charge in [0.15, 0.2) is 18.1 Å². The predicted octanol–water partition coefficient (Wildman–Crippen LogP) is 4.58. The van der Waals surface area contributed by atoms with E-state index in [1.54, 1.807) is 0 Å². The summed E-state index contributed by atoms with van der Waals surface area (Å²) in [5, 5.41) is 3.27. The van der Waals surface area contributed by atoms with Gasteiger partial charge in [-0.25, -0.2) is 0 Å². The first-order chi connectivity index (χ1) is 13.1. The van der Waals surface area contributed by atoms with Gasteiger partial charge in [0.1, 0.15) is 0 Å². The molecule has 0 radical (unpaired) electrons. The maximum atomic E-state index is 12.6. The van der Waals surface area contributed by atoms with Gasteiger partial charge in [-0.15, -0.1) is 0 Å². The molecule has 0 aromatic heterocycles. The topological polar surface area (TPSA) is 47.6 Å². The standard InChI is InChI=1S/C23H33NO3/c1-3-8-26-20-6-4-5-7-21(20)27-15-22(25)24-16(2)23-12-17-9-18(13-23)11-19(10-17)14-23/h4-7,16-19H,3,8-15H2,1-2H3,(H,24,25)/t16-,17?,18?,19?,23?/m1/s1. The van der Waals surface area contributed by atoms with Crippen LogP contribution in [-0.4, -0.2) is 25.2 Å². The lowest BCUT2D eigenvalue weighted by molar-refractivity contribution is -0.127. The van der Waals surface area contributed by atoms with Crippen LogP contribution < -0.4 is 14.8 Å². The highest BCUT2D eigenvalue weighted by molar-refractivity contribution is 5.78. The fourth-order valence-electron chi connectivity index (χ4n) is 6.19. The molecular formula is C23H33NO3. The highest BCUT2D eigenvalue weighted by Gasteiger charge is 2.53. The second kappa shape index (κ2) is 7.73. The Hall–Kier alpha value is -1.71. The Morgan fingerprint density at radius 2 is 1.63 bits per heavy atom. The van der Waals surface area contributed by atoms with E-state index in [4.69, 9.17) is 9.47 Å². The third-order valence-corrected chi connectivity index (χ3v) is 7.05. The molecule has 0 aliphatic heterocycles. The smallest absolute Gasteiger partial charge is 0.258 e. The fourth-order valence-corrected chi connectivity index (χ4v) is 6.19. The van der Waals surface area contributed by atoms with Crippen LogP contribution in [0.2, 0.25) is 0 Å². The Morgan fingerprint density at radius 3 is 2.19 bits per heavy atom. The Labute approximate surface area is 163 Å². The molecule has 4 heteroatoms. The number of hydrogen-bond donors (Lipinski definition) is 1. The Bertz CT molecular complexity index is 636. The minimum Gasteiger partial charge on any atom is -0.490 e. The number of ether oxygens (including phenoxy) is 2. The lowest BCUT2D eigenvalue weighted by Gasteiger charge is -2.59. The van der Waals surface area contributed by atoms with Crippen LogP contribution in [0.3, 0.4) is 0 Å². The van der Waals surface area contributed by atoms with E-state index in [9.17, 15) is 4.79 Å². The lowest BCUT2D eigenvalue weighted by Crippen LogP contribution is -2.56. The Morgan fingerprint density at radius 1 is 1.07 bits per heavy atom. The molecule has 4 aliphatic carbocycles. The van der Waals surface area contributed by atoms with Gasteiger partial charge in [0, 0.05) is 6.04 Å². The first-order valence-corrected chi connectivity index (χ1v) is 10.7. The maximum absolute atomic E-state index is 12.6. The number of nitrogens with one attached hydrogen (secondary N) is 1. The number of amides is 1. The third kappa shape index (κ3) is 3.95. The summed E-state index contributed by atoms with van der Waals surface area (Å²) in [5.41, 5.74) is 0.326. The summed E-state index contributed by atoms with van der Waals surface area (Å²) >= 11 is 0. The molecule has 1 aromatic rings. The minimum atomic E-state index is -0.0245. The molecule has 1 N–H and O–H groups in total. The first-order valence-electron chi connectivity index (χ1n) is 10.7. The van der Waals surface area contributed by atoms with Crippen LogP contribution in [0.4, 0.5) is 0 Å². The fraction of sp³-hybridized carbons (Fsp3) is 0.696.